The minimum Gasteiger partial charge on any atom is -0.460 e. The molecule has 1 heterocycles. The first kappa shape index (κ1) is 31.6. The van der Waals surface area contributed by atoms with E-state index in [-0.39, 0.29) is 48.7 Å². The smallest absolute Gasteiger partial charge is 0.338 e. The zero-order chi connectivity index (χ0) is 29.1. The average Bonchev–Trinajstić information content (AvgIpc) is 2.91. The predicted octanol–water partition coefficient (Wildman–Crippen LogP) is 0.0630. The monoisotopic (exact) mass is 552 g/mol. The van der Waals surface area contributed by atoms with Gasteiger partial charge in [0.2, 0.25) is 0 Å². The maximum atomic E-state index is 12.3. The molecule has 0 saturated carbocycles. The van der Waals surface area contributed by atoms with Crippen LogP contribution in [0.3, 0.4) is 0 Å². The van der Waals surface area contributed by atoms with Gasteiger partial charge >= 0.3 is 23.9 Å². The molecular weight excluding hydrogens is 520 g/mol. The highest BCUT2D eigenvalue weighted by molar-refractivity contribution is 5.93. The molecule has 1 aromatic rings. The van der Waals surface area contributed by atoms with Crippen LogP contribution in [0.5, 0.6) is 0 Å². The van der Waals surface area contributed by atoms with E-state index in [2.05, 4.69) is 13.2 Å². The summed E-state index contributed by atoms with van der Waals surface area (Å²) in [4.78, 5) is 47.2. The fraction of sp³-hybridized carbons (Fsp3) is 0.462. The number of aliphatic hydroxyl groups excluding tert-OH is 3. The van der Waals surface area contributed by atoms with Gasteiger partial charge in [-0.1, -0.05) is 13.2 Å². The Bertz CT molecular complexity index is 1050. The minimum atomic E-state index is -1.64. The van der Waals surface area contributed by atoms with Gasteiger partial charge in [-0.15, -0.1) is 0 Å². The molecule has 1 fully saturated rings. The van der Waals surface area contributed by atoms with Crippen LogP contribution in [0, 0.1) is 0 Å². The molecule has 2 rings (SSSR count). The summed E-state index contributed by atoms with van der Waals surface area (Å²) in [5.74, 6) is -2.72. The van der Waals surface area contributed by atoms with Crippen LogP contribution in [0.1, 0.15) is 34.6 Å². The Morgan fingerprint density at radius 3 is 1.69 bits per heavy atom. The summed E-state index contributed by atoms with van der Waals surface area (Å²) in [6.45, 7) is 8.59. The zero-order valence-electron chi connectivity index (χ0n) is 21.6. The van der Waals surface area contributed by atoms with Crippen molar-refractivity contribution >= 4 is 23.9 Å². The maximum absolute atomic E-state index is 12.3. The molecule has 0 spiro atoms. The van der Waals surface area contributed by atoms with Gasteiger partial charge < -0.3 is 43.7 Å². The standard InChI is InChI=1S/C26H32O13/c1-14(2)22(30)34-9-10-35-24(32)16-5-7-17(8-6-16)25(33)36-11-12-37-26-21(29)20(28)19(27)18(39-26)13-38-23(31)15(3)4/h5-8,18-21,26-29H,1,3,9-13H2,2,4H3/t18?,19-,20+,21?,26+/m1/s1. The van der Waals surface area contributed by atoms with Crippen molar-refractivity contribution in [3.8, 4) is 0 Å². The molecule has 13 nitrogen and oxygen atoms in total. The summed E-state index contributed by atoms with van der Waals surface area (Å²) in [6.07, 6.45) is -7.39. The summed E-state index contributed by atoms with van der Waals surface area (Å²) in [6, 6.07) is 5.41. The molecule has 5 atom stereocenters. The van der Waals surface area contributed by atoms with Crippen molar-refractivity contribution in [3.63, 3.8) is 0 Å². The lowest BCUT2D eigenvalue weighted by Gasteiger charge is -2.39. The number of benzene rings is 1. The molecular formula is C26H32O13. The number of esters is 4. The molecule has 0 radical (unpaired) electrons. The van der Waals surface area contributed by atoms with Gasteiger partial charge in [0.1, 0.15) is 50.8 Å². The number of hydrogen-bond acceptors (Lipinski definition) is 13. The van der Waals surface area contributed by atoms with Crippen molar-refractivity contribution < 1.29 is 62.9 Å². The van der Waals surface area contributed by atoms with E-state index in [9.17, 15) is 34.5 Å². The van der Waals surface area contributed by atoms with Crippen LogP contribution >= 0.6 is 0 Å². The number of hydrogen-bond donors (Lipinski definition) is 3. The first-order chi connectivity index (χ1) is 18.4. The van der Waals surface area contributed by atoms with Gasteiger partial charge in [-0.25, -0.2) is 19.2 Å². The molecule has 0 bridgehead atoms. The van der Waals surface area contributed by atoms with Crippen molar-refractivity contribution in [1.29, 1.82) is 0 Å². The van der Waals surface area contributed by atoms with Gasteiger partial charge in [0, 0.05) is 11.1 Å². The molecule has 13 heteroatoms. The second kappa shape index (κ2) is 15.1. The number of rotatable bonds is 13. The molecule has 1 aliphatic rings. The van der Waals surface area contributed by atoms with Crippen LogP contribution in [0.2, 0.25) is 0 Å². The second-order valence-corrected chi connectivity index (χ2v) is 8.53. The molecule has 214 valence electrons. The molecule has 3 N–H and O–H groups in total. The van der Waals surface area contributed by atoms with Crippen LogP contribution < -0.4 is 0 Å². The largest absolute Gasteiger partial charge is 0.460 e. The van der Waals surface area contributed by atoms with Crippen molar-refractivity contribution in [2.75, 3.05) is 33.0 Å². The third-order valence-electron chi connectivity index (χ3n) is 5.25. The molecule has 0 aromatic heterocycles. The lowest BCUT2D eigenvalue weighted by atomic mass is 9.99. The van der Waals surface area contributed by atoms with Gasteiger partial charge in [0.05, 0.1) is 17.7 Å². The van der Waals surface area contributed by atoms with Gasteiger partial charge in [0.25, 0.3) is 0 Å². The lowest BCUT2D eigenvalue weighted by molar-refractivity contribution is -0.302. The average molecular weight is 553 g/mol. The molecule has 1 saturated heterocycles. The van der Waals surface area contributed by atoms with Gasteiger partial charge in [-0.05, 0) is 38.1 Å². The van der Waals surface area contributed by atoms with E-state index in [1.807, 2.05) is 0 Å². The van der Waals surface area contributed by atoms with Gasteiger partial charge in [0.15, 0.2) is 6.29 Å². The summed E-state index contributed by atoms with van der Waals surface area (Å²) < 4.78 is 30.6. The van der Waals surface area contributed by atoms with Crippen molar-refractivity contribution in [1.82, 2.24) is 0 Å². The maximum Gasteiger partial charge on any atom is 0.338 e. The molecule has 2 unspecified atom stereocenters. The van der Waals surface area contributed by atoms with E-state index < -0.39 is 61.2 Å². The molecule has 0 aliphatic carbocycles. The number of carbonyl (C=O) groups is 4. The first-order valence-electron chi connectivity index (χ1n) is 11.8. The summed E-state index contributed by atoms with van der Waals surface area (Å²) in [5, 5.41) is 30.2. The van der Waals surface area contributed by atoms with E-state index in [1.165, 1.54) is 38.1 Å². The SMILES string of the molecule is C=C(C)C(=O)OCCOC(=O)c1ccc(C(=O)OCCO[C@H]2OC(COC(=O)C(=C)C)[C@@H](O)[C@H](O)C2O)cc1. The lowest BCUT2D eigenvalue weighted by Crippen LogP contribution is -2.59. The molecule has 1 aliphatic heterocycles. The van der Waals surface area contributed by atoms with Crippen LogP contribution in [0.25, 0.3) is 0 Å². The van der Waals surface area contributed by atoms with Crippen LogP contribution in [0.4, 0.5) is 0 Å². The number of ether oxygens (including phenoxy) is 6. The normalized spacial score (nSPS) is 22.3. The summed E-state index contributed by atoms with van der Waals surface area (Å²) in [7, 11) is 0. The van der Waals surface area contributed by atoms with E-state index in [0.29, 0.717) is 0 Å². The van der Waals surface area contributed by atoms with Crippen LogP contribution in [0.15, 0.2) is 48.6 Å². The topological polar surface area (TPSA) is 184 Å². The second-order valence-electron chi connectivity index (χ2n) is 8.53. The van der Waals surface area contributed by atoms with Crippen molar-refractivity contribution in [2.45, 2.75) is 44.6 Å². The van der Waals surface area contributed by atoms with E-state index >= 15 is 0 Å². The zero-order valence-corrected chi connectivity index (χ0v) is 21.6. The highest BCUT2D eigenvalue weighted by atomic mass is 16.7. The fourth-order valence-electron chi connectivity index (χ4n) is 3.07. The van der Waals surface area contributed by atoms with E-state index in [0.717, 1.165) is 0 Å². The first-order valence-corrected chi connectivity index (χ1v) is 11.8. The Morgan fingerprint density at radius 1 is 0.718 bits per heavy atom. The van der Waals surface area contributed by atoms with Gasteiger partial charge in [-0.3, -0.25) is 0 Å². The summed E-state index contributed by atoms with van der Waals surface area (Å²) in [5.41, 5.74) is 0.646. The Kier molecular flexibility index (Phi) is 12.2. The molecule has 0 amide bonds. The number of carbonyl (C=O) groups excluding carboxylic acids is 4. The highest BCUT2D eigenvalue weighted by Gasteiger charge is 2.44. The van der Waals surface area contributed by atoms with Crippen LogP contribution in [-0.2, 0) is 38.0 Å². The van der Waals surface area contributed by atoms with Crippen LogP contribution in [-0.4, -0.2) is 103 Å². The molecule has 39 heavy (non-hydrogen) atoms. The predicted molar refractivity (Wildman–Crippen MR) is 131 cm³/mol. The summed E-state index contributed by atoms with van der Waals surface area (Å²) >= 11 is 0. The Balaban J connectivity index is 1.76. The quantitative estimate of drug-likeness (QED) is 0.129. The van der Waals surface area contributed by atoms with Crippen molar-refractivity contribution in [2.24, 2.45) is 0 Å². The Hall–Kier alpha value is -3.62. The van der Waals surface area contributed by atoms with Gasteiger partial charge in [-0.2, -0.15) is 0 Å². The Morgan fingerprint density at radius 2 is 1.18 bits per heavy atom. The third-order valence-corrected chi connectivity index (χ3v) is 5.25. The highest BCUT2D eigenvalue weighted by Crippen LogP contribution is 2.22. The fourth-order valence-corrected chi connectivity index (χ4v) is 3.07. The number of aliphatic hydroxyl groups is 3. The van der Waals surface area contributed by atoms with Crippen molar-refractivity contribution in [3.05, 3.63) is 59.7 Å². The Labute approximate surface area is 224 Å². The van der Waals surface area contributed by atoms with E-state index in [1.54, 1.807) is 0 Å². The third kappa shape index (κ3) is 9.57. The molecule has 1 aromatic carbocycles. The minimum absolute atomic E-state index is 0.129. The van der Waals surface area contributed by atoms with E-state index in [4.69, 9.17) is 28.4 Å².